The second-order valence-corrected chi connectivity index (χ2v) is 5.21. The van der Waals surface area contributed by atoms with Crippen LogP contribution in [0, 0.1) is 6.92 Å². The van der Waals surface area contributed by atoms with Crippen LogP contribution in [-0.2, 0) is 17.1 Å². The Bertz CT molecular complexity index is 413. The highest BCUT2D eigenvalue weighted by Crippen LogP contribution is 2.13. The number of hydrogen-bond donors (Lipinski definition) is 0. The van der Waals surface area contributed by atoms with Crippen molar-refractivity contribution in [1.29, 1.82) is 0 Å². The number of aromatic nitrogens is 2. The minimum Gasteiger partial charge on any atom is -0.337 e. The normalized spacial score (nSPS) is 12.3. The standard InChI is InChI=1S/C9H17N3O2S/c1-5-12(6-2)15(13,14)9-7-11(4)8(3)10-9/h7H,5-6H2,1-4H3. The molecule has 0 aliphatic heterocycles. The average molecular weight is 231 g/mol. The van der Waals surface area contributed by atoms with E-state index in [0.717, 1.165) is 0 Å². The van der Waals surface area contributed by atoms with Gasteiger partial charge < -0.3 is 4.57 Å². The Balaban J connectivity index is 3.16. The van der Waals surface area contributed by atoms with Gasteiger partial charge in [-0.15, -0.1) is 0 Å². The summed E-state index contributed by atoms with van der Waals surface area (Å²) in [6.45, 7) is 6.35. The van der Waals surface area contributed by atoms with E-state index in [4.69, 9.17) is 0 Å². The maximum atomic E-state index is 12.0. The number of aryl methyl sites for hydroxylation is 2. The zero-order chi connectivity index (χ0) is 11.6. The van der Waals surface area contributed by atoms with Crippen LogP contribution in [0.4, 0.5) is 0 Å². The molecule has 6 heteroatoms. The first-order valence-corrected chi connectivity index (χ1v) is 6.37. The SMILES string of the molecule is CCN(CC)S(=O)(=O)c1cn(C)c(C)n1. The number of imidazole rings is 1. The molecule has 0 atom stereocenters. The lowest BCUT2D eigenvalue weighted by Crippen LogP contribution is -2.30. The molecule has 0 amide bonds. The third-order valence-corrected chi connectivity index (χ3v) is 4.32. The predicted molar refractivity (Wildman–Crippen MR) is 58.1 cm³/mol. The van der Waals surface area contributed by atoms with Crippen molar-refractivity contribution in [3.63, 3.8) is 0 Å². The van der Waals surface area contributed by atoms with Crippen LogP contribution < -0.4 is 0 Å². The first kappa shape index (κ1) is 12.2. The fourth-order valence-electron chi connectivity index (χ4n) is 1.35. The van der Waals surface area contributed by atoms with Gasteiger partial charge in [0.1, 0.15) is 5.82 Å². The Kier molecular flexibility index (Phi) is 3.51. The van der Waals surface area contributed by atoms with E-state index < -0.39 is 10.0 Å². The van der Waals surface area contributed by atoms with Crippen LogP contribution in [0.25, 0.3) is 0 Å². The van der Waals surface area contributed by atoms with Crippen molar-refractivity contribution in [3.05, 3.63) is 12.0 Å². The number of sulfonamides is 1. The molecule has 1 aromatic rings. The van der Waals surface area contributed by atoms with Crippen LogP contribution in [0.15, 0.2) is 11.2 Å². The molecule has 0 aliphatic carbocycles. The van der Waals surface area contributed by atoms with Gasteiger partial charge in [0.15, 0.2) is 5.03 Å². The molecule has 1 heterocycles. The Morgan fingerprint density at radius 1 is 1.40 bits per heavy atom. The van der Waals surface area contributed by atoms with Gasteiger partial charge in [-0.1, -0.05) is 13.8 Å². The number of nitrogens with zero attached hydrogens (tertiary/aromatic N) is 3. The second kappa shape index (κ2) is 4.32. The highest BCUT2D eigenvalue weighted by molar-refractivity contribution is 7.89. The molecule has 15 heavy (non-hydrogen) atoms. The molecule has 0 spiro atoms. The third kappa shape index (κ3) is 2.21. The molecule has 0 saturated heterocycles. The molecule has 0 saturated carbocycles. The highest BCUT2D eigenvalue weighted by atomic mass is 32.2. The lowest BCUT2D eigenvalue weighted by Gasteiger charge is -2.16. The topological polar surface area (TPSA) is 55.2 Å². The summed E-state index contributed by atoms with van der Waals surface area (Å²) in [6, 6.07) is 0. The molecule has 0 aliphatic rings. The first-order chi connectivity index (χ1) is 6.93. The molecular formula is C9H17N3O2S. The molecule has 0 radical (unpaired) electrons. The summed E-state index contributed by atoms with van der Waals surface area (Å²) < 4.78 is 27.1. The maximum absolute atomic E-state index is 12.0. The predicted octanol–water partition coefficient (Wildman–Crippen LogP) is 0.759. The third-order valence-electron chi connectivity index (χ3n) is 2.40. The van der Waals surface area contributed by atoms with Gasteiger partial charge in [0, 0.05) is 26.3 Å². The largest absolute Gasteiger partial charge is 0.337 e. The summed E-state index contributed by atoms with van der Waals surface area (Å²) in [4.78, 5) is 4.03. The molecule has 1 aromatic heterocycles. The molecule has 0 aromatic carbocycles. The minimum atomic E-state index is -3.40. The van der Waals surface area contributed by atoms with Crippen molar-refractivity contribution < 1.29 is 8.42 Å². The zero-order valence-corrected chi connectivity index (χ0v) is 10.4. The second-order valence-electron chi connectivity index (χ2n) is 3.33. The van der Waals surface area contributed by atoms with E-state index in [2.05, 4.69) is 4.98 Å². The van der Waals surface area contributed by atoms with E-state index in [1.165, 1.54) is 4.31 Å². The van der Waals surface area contributed by atoms with Gasteiger partial charge in [-0.25, -0.2) is 13.4 Å². The van der Waals surface area contributed by atoms with Crippen LogP contribution in [0.3, 0.4) is 0 Å². The summed E-state index contributed by atoms with van der Waals surface area (Å²) in [5.74, 6) is 0.695. The van der Waals surface area contributed by atoms with Gasteiger partial charge in [-0.05, 0) is 6.92 Å². The van der Waals surface area contributed by atoms with E-state index in [0.29, 0.717) is 18.9 Å². The van der Waals surface area contributed by atoms with Crippen molar-refractivity contribution in [2.75, 3.05) is 13.1 Å². The van der Waals surface area contributed by atoms with E-state index in [1.807, 2.05) is 13.8 Å². The van der Waals surface area contributed by atoms with Crippen molar-refractivity contribution >= 4 is 10.0 Å². The summed E-state index contributed by atoms with van der Waals surface area (Å²) in [7, 11) is -1.62. The summed E-state index contributed by atoms with van der Waals surface area (Å²) in [6.07, 6.45) is 1.54. The van der Waals surface area contributed by atoms with Crippen LogP contribution in [0.2, 0.25) is 0 Å². The average Bonchev–Trinajstić information content (AvgIpc) is 2.49. The quantitative estimate of drug-likeness (QED) is 0.768. The van der Waals surface area contributed by atoms with Crippen LogP contribution in [0.5, 0.6) is 0 Å². The minimum absolute atomic E-state index is 0.131. The van der Waals surface area contributed by atoms with Crippen molar-refractivity contribution in [2.24, 2.45) is 7.05 Å². The van der Waals surface area contributed by atoms with Crippen molar-refractivity contribution in [2.45, 2.75) is 25.8 Å². The Labute approximate surface area is 90.8 Å². The first-order valence-electron chi connectivity index (χ1n) is 4.93. The van der Waals surface area contributed by atoms with Gasteiger partial charge >= 0.3 is 0 Å². The van der Waals surface area contributed by atoms with Crippen LogP contribution in [-0.4, -0.2) is 35.4 Å². The number of rotatable bonds is 4. The molecule has 86 valence electrons. The maximum Gasteiger partial charge on any atom is 0.262 e. The fourth-order valence-corrected chi connectivity index (χ4v) is 2.83. The molecule has 5 nitrogen and oxygen atoms in total. The Hall–Kier alpha value is -0.880. The van der Waals surface area contributed by atoms with E-state index >= 15 is 0 Å². The molecule has 0 bridgehead atoms. The van der Waals surface area contributed by atoms with E-state index in [9.17, 15) is 8.42 Å². The molecule has 0 fully saturated rings. The van der Waals surface area contributed by atoms with Gasteiger partial charge in [-0.2, -0.15) is 4.31 Å². The summed E-state index contributed by atoms with van der Waals surface area (Å²) in [5, 5.41) is 0.131. The summed E-state index contributed by atoms with van der Waals surface area (Å²) >= 11 is 0. The monoisotopic (exact) mass is 231 g/mol. The van der Waals surface area contributed by atoms with Crippen LogP contribution in [0.1, 0.15) is 19.7 Å². The Morgan fingerprint density at radius 3 is 2.27 bits per heavy atom. The summed E-state index contributed by atoms with van der Waals surface area (Å²) in [5.41, 5.74) is 0. The molecule has 0 unspecified atom stereocenters. The zero-order valence-electron chi connectivity index (χ0n) is 9.56. The van der Waals surface area contributed by atoms with Gasteiger partial charge in [0.25, 0.3) is 10.0 Å². The molecule has 1 rings (SSSR count). The fraction of sp³-hybridized carbons (Fsp3) is 0.667. The van der Waals surface area contributed by atoms with Crippen LogP contribution >= 0.6 is 0 Å². The van der Waals surface area contributed by atoms with Gasteiger partial charge in [0.05, 0.1) is 0 Å². The van der Waals surface area contributed by atoms with E-state index in [1.54, 1.807) is 24.7 Å². The van der Waals surface area contributed by atoms with Crippen molar-refractivity contribution in [3.8, 4) is 0 Å². The lowest BCUT2D eigenvalue weighted by molar-refractivity contribution is 0.443. The number of hydrogen-bond acceptors (Lipinski definition) is 3. The van der Waals surface area contributed by atoms with Crippen molar-refractivity contribution in [1.82, 2.24) is 13.9 Å². The smallest absolute Gasteiger partial charge is 0.262 e. The Morgan fingerprint density at radius 2 is 1.93 bits per heavy atom. The van der Waals surface area contributed by atoms with Gasteiger partial charge in [0.2, 0.25) is 0 Å². The molecule has 0 N–H and O–H groups in total. The lowest BCUT2D eigenvalue weighted by atomic mass is 10.7. The molecular weight excluding hydrogens is 214 g/mol. The van der Waals surface area contributed by atoms with E-state index in [-0.39, 0.29) is 5.03 Å². The highest BCUT2D eigenvalue weighted by Gasteiger charge is 2.24. The van der Waals surface area contributed by atoms with Gasteiger partial charge in [-0.3, -0.25) is 0 Å².